The highest BCUT2D eigenvalue weighted by Crippen LogP contribution is 2.26. The number of fused-ring (bicyclic) bond motifs is 1. The third kappa shape index (κ3) is 4.66. The number of amidine groups is 1. The second kappa shape index (κ2) is 7.76. The molecule has 1 aromatic rings. The van der Waals surface area contributed by atoms with Crippen LogP contribution in [0.25, 0.3) is 0 Å². The van der Waals surface area contributed by atoms with Crippen LogP contribution in [0.3, 0.4) is 0 Å². The van der Waals surface area contributed by atoms with E-state index in [-0.39, 0.29) is 41.6 Å². The molecule has 128 valence electrons. The van der Waals surface area contributed by atoms with E-state index in [9.17, 15) is 13.2 Å². The van der Waals surface area contributed by atoms with Crippen molar-refractivity contribution in [2.45, 2.75) is 24.3 Å². The number of amides is 1. The topological polar surface area (TPSA) is 105 Å². The first-order valence-electron chi connectivity index (χ1n) is 6.99. The largest absolute Gasteiger partial charge is 0.355 e. The summed E-state index contributed by atoms with van der Waals surface area (Å²) in [5, 5.41) is 2.75. The van der Waals surface area contributed by atoms with Gasteiger partial charge in [-0.15, -0.1) is 16.8 Å². The number of carbonyl (C=O) groups excluding carboxylic acids is 1. The Labute approximate surface area is 142 Å². The quantitative estimate of drug-likeness (QED) is 0.788. The van der Waals surface area contributed by atoms with Crippen molar-refractivity contribution < 1.29 is 13.2 Å². The maximum atomic E-state index is 12.0. The molecule has 0 fully saturated rings. The minimum atomic E-state index is -3.67. The second-order valence-electron chi connectivity index (χ2n) is 5.36. The Morgan fingerprint density at radius 3 is 2.70 bits per heavy atom. The van der Waals surface area contributed by atoms with E-state index < -0.39 is 10.0 Å². The van der Waals surface area contributed by atoms with Crippen molar-refractivity contribution in [1.29, 1.82) is 0 Å². The number of hydrogen-bond donors (Lipinski definition) is 2. The number of carbonyl (C=O) groups is 1. The van der Waals surface area contributed by atoms with Crippen molar-refractivity contribution in [2.24, 2.45) is 10.1 Å². The molecule has 0 saturated carbocycles. The molecular weight excluding hydrogens is 340 g/mol. The van der Waals surface area contributed by atoms with Gasteiger partial charge in [-0.05, 0) is 25.5 Å². The highest BCUT2D eigenvalue weighted by Gasteiger charge is 2.30. The number of halogens is 1. The number of hydrogen-bond acceptors (Lipinski definition) is 5. The van der Waals surface area contributed by atoms with Gasteiger partial charge in [0.1, 0.15) is 4.90 Å². The van der Waals surface area contributed by atoms with Gasteiger partial charge in [-0.3, -0.25) is 4.79 Å². The molecule has 0 aromatic heterocycles. The van der Waals surface area contributed by atoms with Gasteiger partial charge in [0.25, 0.3) is 10.0 Å². The van der Waals surface area contributed by atoms with E-state index in [1.165, 1.54) is 11.0 Å². The van der Waals surface area contributed by atoms with Crippen molar-refractivity contribution in [1.82, 2.24) is 10.2 Å². The molecule has 23 heavy (non-hydrogen) atoms. The predicted octanol–water partition coefficient (Wildman–Crippen LogP) is 0.343. The van der Waals surface area contributed by atoms with Crippen LogP contribution >= 0.6 is 12.4 Å². The summed E-state index contributed by atoms with van der Waals surface area (Å²) >= 11 is 0. The molecule has 2 rings (SSSR count). The highest BCUT2D eigenvalue weighted by molar-refractivity contribution is 7.90. The third-order valence-corrected chi connectivity index (χ3v) is 4.60. The molecule has 0 saturated heterocycles. The molecule has 1 amide bonds. The summed E-state index contributed by atoms with van der Waals surface area (Å²) in [5.74, 6) is 0.0885. The van der Waals surface area contributed by atoms with Gasteiger partial charge in [0.15, 0.2) is 5.84 Å². The van der Waals surface area contributed by atoms with E-state index in [1.54, 1.807) is 25.2 Å². The molecule has 3 N–H and O–H groups in total. The fraction of sp³-hybridized carbons (Fsp3) is 0.429. The van der Waals surface area contributed by atoms with E-state index in [4.69, 9.17) is 5.73 Å². The van der Waals surface area contributed by atoms with Gasteiger partial charge in [-0.2, -0.15) is 8.42 Å². The average molecular weight is 361 g/mol. The van der Waals surface area contributed by atoms with Gasteiger partial charge in [0.05, 0.1) is 6.54 Å². The number of rotatable bonds is 5. The van der Waals surface area contributed by atoms with Crippen LogP contribution in [-0.2, 0) is 14.8 Å². The summed E-state index contributed by atoms with van der Waals surface area (Å²) < 4.78 is 27.7. The van der Waals surface area contributed by atoms with Crippen LogP contribution in [0.4, 0.5) is 0 Å². The Hall–Kier alpha value is -1.64. The summed E-state index contributed by atoms with van der Waals surface area (Å²) in [5.41, 5.74) is 6.14. The van der Waals surface area contributed by atoms with Crippen LogP contribution in [0.2, 0.25) is 0 Å². The molecule has 1 heterocycles. The molecule has 0 aliphatic carbocycles. The summed E-state index contributed by atoms with van der Waals surface area (Å²) in [6.07, 6.45) is 0.688. The van der Waals surface area contributed by atoms with Crippen molar-refractivity contribution in [3.63, 3.8) is 0 Å². The first-order valence-corrected chi connectivity index (χ1v) is 8.43. The molecule has 1 unspecified atom stereocenters. The van der Waals surface area contributed by atoms with Gasteiger partial charge in [-0.1, -0.05) is 12.1 Å². The van der Waals surface area contributed by atoms with Gasteiger partial charge in [-0.25, -0.2) is 0 Å². The molecule has 1 aromatic carbocycles. The maximum Gasteiger partial charge on any atom is 0.285 e. The molecule has 7 nitrogen and oxygen atoms in total. The Morgan fingerprint density at radius 2 is 2.04 bits per heavy atom. The number of benzene rings is 1. The molecule has 0 radical (unpaired) electrons. The van der Waals surface area contributed by atoms with Crippen molar-refractivity contribution in [3.8, 4) is 0 Å². The van der Waals surface area contributed by atoms with E-state index >= 15 is 0 Å². The van der Waals surface area contributed by atoms with E-state index in [0.717, 1.165) is 0 Å². The van der Waals surface area contributed by atoms with Crippen LogP contribution in [0, 0.1) is 0 Å². The fourth-order valence-electron chi connectivity index (χ4n) is 2.15. The number of likely N-dealkylation sites (N-methyl/N-ethyl adjacent to an activating group) is 1. The molecule has 9 heteroatoms. The lowest BCUT2D eigenvalue weighted by molar-refractivity contribution is -0.121. The van der Waals surface area contributed by atoms with Crippen molar-refractivity contribution >= 4 is 34.2 Å². The number of sulfonamides is 1. The molecule has 0 bridgehead atoms. The predicted molar refractivity (Wildman–Crippen MR) is 91.3 cm³/mol. The first-order chi connectivity index (χ1) is 10.3. The average Bonchev–Trinajstić information content (AvgIpc) is 2.71. The molecule has 1 aliphatic rings. The molecule has 0 spiro atoms. The van der Waals surface area contributed by atoms with Crippen LogP contribution in [0.5, 0.6) is 0 Å². The minimum absolute atomic E-state index is 0. The smallest absolute Gasteiger partial charge is 0.285 e. The normalized spacial score (nSPS) is 15.9. The lowest BCUT2D eigenvalue weighted by Crippen LogP contribution is -2.39. The number of nitrogens with zero attached hydrogens (tertiary/aromatic N) is 2. The third-order valence-electron chi connectivity index (χ3n) is 3.28. The van der Waals surface area contributed by atoms with E-state index in [1.807, 2.05) is 6.92 Å². The first kappa shape index (κ1) is 19.4. The summed E-state index contributed by atoms with van der Waals surface area (Å²) in [7, 11) is -2.03. The zero-order valence-corrected chi connectivity index (χ0v) is 14.7. The minimum Gasteiger partial charge on any atom is -0.355 e. The molecule has 1 atom stereocenters. The monoisotopic (exact) mass is 360 g/mol. The van der Waals surface area contributed by atoms with Crippen LogP contribution < -0.4 is 11.1 Å². The van der Waals surface area contributed by atoms with Crippen LogP contribution in [0.15, 0.2) is 33.6 Å². The van der Waals surface area contributed by atoms with Gasteiger partial charge in [0, 0.05) is 25.2 Å². The van der Waals surface area contributed by atoms with Crippen LogP contribution in [0.1, 0.15) is 18.9 Å². The Kier molecular flexibility index (Phi) is 6.55. The van der Waals surface area contributed by atoms with Crippen molar-refractivity contribution in [3.05, 3.63) is 29.8 Å². The van der Waals surface area contributed by atoms with Gasteiger partial charge in [0.2, 0.25) is 5.91 Å². The fourth-order valence-corrected chi connectivity index (χ4v) is 3.40. The zero-order valence-electron chi connectivity index (χ0n) is 13.0. The summed E-state index contributed by atoms with van der Waals surface area (Å²) in [6, 6.07) is 6.61. The summed E-state index contributed by atoms with van der Waals surface area (Å²) in [4.78, 5) is 13.6. The van der Waals surface area contributed by atoms with Crippen molar-refractivity contribution in [2.75, 3.05) is 20.1 Å². The van der Waals surface area contributed by atoms with Crippen LogP contribution in [-0.4, -0.2) is 51.2 Å². The van der Waals surface area contributed by atoms with Gasteiger partial charge < -0.3 is 16.0 Å². The Morgan fingerprint density at radius 1 is 1.39 bits per heavy atom. The van der Waals surface area contributed by atoms with Gasteiger partial charge >= 0.3 is 0 Å². The Bertz CT molecular complexity index is 704. The molecule has 1 aliphatic heterocycles. The Balaban J connectivity index is 0.00000264. The maximum absolute atomic E-state index is 12.0. The number of nitrogens with one attached hydrogen (secondary N) is 1. The summed E-state index contributed by atoms with van der Waals surface area (Å²) in [6.45, 7) is 2.39. The SMILES string of the molecule is CC(N)CCNC(=O)CN(C)C1=NS(=O)(=O)c2ccccc21.Cl. The standard InChI is InChI=1S/C14H20N4O3S.ClH/c1-10(15)7-8-16-13(19)9-18(2)14-11-5-3-4-6-12(11)22(20,21)17-14;/h3-6,10H,7-9,15H2,1-2H3,(H,16,19);1H. The lowest BCUT2D eigenvalue weighted by Gasteiger charge is -2.18. The van der Waals surface area contributed by atoms with E-state index in [2.05, 4.69) is 9.71 Å². The second-order valence-corrected chi connectivity index (χ2v) is 6.93. The molecular formula is C14H21ClN4O3S. The highest BCUT2D eigenvalue weighted by atomic mass is 35.5. The van der Waals surface area contributed by atoms with E-state index in [0.29, 0.717) is 18.5 Å². The number of nitrogens with two attached hydrogens (primary N) is 1. The zero-order chi connectivity index (χ0) is 16.3. The lowest BCUT2D eigenvalue weighted by atomic mass is 10.2.